The van der Waals surface area contributed by atoms with E-state index in [2.05, 4.69) is 19.7 Å². The van der Waals surface area contributed by atoms with Crippen molar-refractivity contribution >= 4 is 17.2 Å². The minimum Gasteiger partial charge on any atom is -0.337 e. The number of hydrogen-bond donors (Lipinski definition) is 0. The minimum absolute atomic E-state index is 0.186. The lowest BCUT2D eigenvalue weighted by Gasteiger charge is -2.42. The van der Waals surface area contributed by atoms with Crippen LogP contribution in [0.4, 0.5) is 0 Å². The summed E-state index contributed by atoms with van der Waals surface area (Å²) >= 11 is 1.54. The topological polar surface area (TPSA) is 51.0 Å². The second-order valence-corrected chi connectivity index (χ2v) is 8.21. The van der Waals surface area contributed by atoms with Crippen LogP contribution >= 0.6 is 11.3 Å². The van der Waals surface area contributed by atoms with Crippen LogP contribution in [0.25, 0.3) is 0 Å². The zero-order chi connectivity index (χ0) is 15.4. The van der Waals surface area contributed by atoms with Gasteiger partial charge in [0, 0.05) is 25.0 Å². The minimum atomic E-state index is 0.186. The lowest BCUT2D eigenvalue weighted by atomic mass is 9.62. The molecule has 5 rings (SSSR count). The molecule has 2 aromatic heterocycles. The Balaban J connectivity index is 1.46. The van der Waals surface area contributed by atoms with Crippen molar-refractivity contribution in [3.05, 3.63) is 34.5 Å². The van der Waals surface area contributed by atoms with E-state index in [1.54, 1.807) is 0 Å². The summed E-state index contributed by atoms with van der Waals surface area (Å²) in [4.78, 5) is 15.7. The zero-order valence-electron chi connectivity index (χ0n) is 13.0. The quantitative estimate of drug-likeness (QED) is 0.870. The van der Waals surface area contributed by atoms with Crippen LogP contribution in [0.5, 0.6) is 0 Å². The molecular formula is C17H20N4OS. The predicted molar refractivity (Wildman–Crippen MR) is 87.5 cm³/mol. The van der Waals surface area contributed by atoms with Crippen LogP contribution in [-0.2, 0) is 0 Å². The molecule has 3 heterocycles. The van der Waals surface area contributed by atoms with Gasteiger partial charge in [-0.2, -0.15) is 0 Å². The third kappa shape index (κ3) is 2.07. The highest BCUT2D eigenvalue weighted by atomic mass is 32.1. The molecule has 1 spiro atoms. The summed E-state index contributed by atoms with van der Waals surface area (Å²) in [7, 11) is 0. The van der Waals surface area contributed by atoms with Gasteiger partial charge in [0.1, 0.15) is 12.2 Å². The fourth-order valence-corrected chi connectivity index (χ4v) is 5.00. The monoisotopic (exact) mass is 328 g/mol. The average molecular weight is 328 g/mol. The van der Waals surface area contributed by atoms with Crippen LogP contribution in [0.15, 0.2) is 23.8 Å². The highest BCUT2D eigenvalue weighted by molar-refractivity contribution is 7.12. The van der Waals surface area contributed by atoms with Gasteiger partial charge in [-0.15, -0.1) is 21.5 Å². The molecule has 0 radical (unpaired) electrons. The molecule has 0 aromatic carbocycles. The Morgan fingerprint density at radius 2 is 2.22 bits per heavy atom. The summed E-state index contributed by atoms with van der Waals surface area (Å²) in [6.07, 6.45) is 8.07. The van der Waals surface area contributed by atoms with Gasteiger partial charge in [0.25, 0.3) is 5.91 Å². The summed E-state index contributed by atoms with van der Waals surface area (Å²) in [6, 6.07) is 4.48. The number of rotatable bonds is 3. The second-order valence-electron chi connectivity index (χ2n) is 7.26. The van der Waals surface area contributed by atoms with Crippen LogP contribution in [0.2, 0.25) is 0 Å². The second kappa shape index (κ2) is 4.90. The summed E-state index contributed by atoms with van der Waals surface area (Å²) in [6.45, 7) is 1.67. The van der Waals surface area contributed by atoms with Crippen molar-refractivity contribution in [2.45, 2.75) is 44.1 Å². The molecule has 1 atom stereocenters. The number of carbonyl (C=O) groups excluding carboxylic acids is 1. The fourth-order valence-electron chi connectivity index (χ4n) is 4.31. The van der Waals surface area contributed by atoms with E-state index >= 15 is 0 Å². The molecule has 6 heteroatoms. The number of thiophene rings is 1. The number of likely N-dealkylation sites (tertiary alicyclic amines) is 1. The molecule has 1 saturated heterocycles. The summed E-state index contributed by atoms with van der Waals surface area (Å²) in [5.74, 6) is 1.66. The van der Waals surface area contributed by atoms with E-state index in [-0.39, 0.29) is 11.3 Å². The van der Waals surface area contributed by atoms with Crippen LogP contribution < -0.4 is 0 Å². The van der Waals surface area contributed by atoms with E-state index in [4.69, 9.17) is 0 Å². The van der Waals surface area contributed by atoms with Gasteiger partial charge < -0.3 is 9.47 Å². The maximum Gasteiger partial charge on any atom is 0.263 e. The Morgan fingerprint density at radius 1 is 1.35 bits per heavy atom. The Kier molecular flexibility index (Phi) is 2.92. The van der Waals surface area contributed by atoms with Crippen molar-refractivity contribution in [3.63, 3.8) is 0 Å². The molecule has 2 saturated carbocycles. The molecule has 0 N–H and O–H groups in total. The highest BCUT2D eigenvalue weighted by Crippen LogP contribution is 2.56. The predicted octanol–water partition coefficient (Wildman–Crippen LogP) is 3.08. The first-order chi connectivity index (χ1) is 11.3. The number of carbonyl (C=O) groups is 1. The molecule has 5 nitrogen and oxygen atoms in total. The van der Waals surface area contributed by atoms with E-state index in [9.17, 15) is 4.79 Å². The van der Waals surface area contributed by atoms with Gasteiger partial charge in [-0.25, -0.2) is 0 Å². The summed E-state index contributed by atoms with van der Waals surface area (Å²) in [5.41, 5.74) is 0.243. The molecule has 1 aliphatic heterocycles. The van der Waals surface area contributed by atoms with Crippen molar-refractivity contribution < 1.29 is 4.79 Å². The van der Waals surface area contributed by atoms with E-state index < -0.39 is 0 Å². The first-order valence-electron chi connectivity index (χ1n) is 8.49. The maximum absolute atomic E-state index is 12.8. The molecule has 3 aliphatic rings. The molecule has 2 aromatic rings. The third-order valence-corrected chi connectivity index (χ3v) is 6.73. The first-order valence-corrected chi connectivity index (χ1v) is 9.37. The van der Waals surface area contributed by atoms with Crippen molar-refractivity contribution in [2.24, 2.45) is 5.41 Å². The Labute approximate surface area is 139 Å². The lowest BCUT2D eigenvalue weighted by Crippen LogP contribution is -2.38. The van der Waals surface area contributed by atoms with Gasteiger partial charge in [-0.3, -0.25) is 4.79 Å². The number of hydrogen-bond acceptors (Lipinski definition) is 4. The Hall–Kier alpha value is -1.69. The van der Waals surface area contributed by atoms with Gasteiger partial charge in [0.15, 0.2) is 0 Å². The maximum atomic E-state index is 12.8. The smallest absolute Gasteiger partial charge is 0.263 e. The number of aromatic nitrogens is 3. The van der Waals surface area contributed by atoms with Gasteiger partial charge >= 0.3 is 0 Å². The zero-order valence-corrected chi connectivity index (χ0v) is 13.8. The molecule has 3 fully saturated rings. The molecule has 2 aliphatic carbocycles. The van der Waals surface area contributed by atoms with Crippen molar-refractivity contribution in [3.8, 4) is 0 Å². The third-order valence-electron chi connectivity index (χ3n) is 5.87. The van der Waals surface area contributed by atoms with Crippen LogP contribution in [0.3, 0.4) is 0 Å². The summed E-state index contributed by atoms with van der Waals surface area (Å²) in [5, 5.41) is 10.6. The normalized spacial score (nSPS) is 25.7. The van der Waals surface area contributed by atoms with E-state index in [0.29, 0.717) is 12.0 Å². The van der Waals surface area contributed by atoms with Gasteiger partial charge in [-0.1, -0.05) is 12.5 Å². The molecule has 1 amide bonds. The summed E-state index contributed by atoms with van der Waals surface area (Å²) < 4.78 is 2.28. The van der Waals surface area contributed by atoms with E-state index in [0.717, 1.165) is 23.8 Å². The fraction of sp³-hybridized carbons (Fsp3) is 0.588. The number of amides is 1. The van der Waals surface area contributed by atoms with Crippen molar-refractivity contribution in [1.29, 1.82) is 0 Å². The van der Waals surface area contributed by atoms with Crippen molar-refractivity contribution in [2.75, 3.05) is 13.1 Å². The first kappa shape index (κ1) is 13.7. The Bertz CT molecular complexity index is 730. The molecule has 23 heavy (non-hydrogen) atoms. The van der Waals surface area contributed by atoms with Crippen molar-refractivity contribution in [1.82, 2.24) is 19.7 Å². The van der Waals surface area contributed by atoms with E-state index in [1.807, 2.05) is 23.8 Å². The van der Waals surface area contributed by atoms with E-state index in [1.165, 1.54) is 43.4 Å². The standard InChI is InChI=1S/C17H20N4OS/c22-16(14-3-1-8-23-14)20-9-13(17(10-20)6-2-7-17)15-19-18-11-21(15)12-4-5-12/h1,3,8,11-13H,2,4-7,9-10H2. The molecule has 120 valence electrons. The lowest BCUT2D eigenvalue weighted by molar-refractivity contribution is 0.0727. The van der Waals surface area contributed by atoms with Gasteiger partial charge in [0.05, 0.1) is 4.88 Å². The number of nitrogens with zero attached hydrogens (tertiary/aromatic N) is 4. The highest BCUT2D eigenvalue weighted by Gasteiger charge is 2.54. The van der Waals surface area contributed by atoms with Crippen LogP contribution in [-0.4, -0.2) is 38.7 Å². The molecule has 0 bridgehead atoms. The average Bonchev–Trinajstić information content (AvgIpc) is 3.01. The molecule has 1 unspecified atom stereocenters. The molecular weight excluding hydrogens is 308 g/mol. The van der Waals surface area contributed by atoms with Crippen LogP contribution in [0.1, 0.15) is 59.6 Å². The van der Waals surface area contributed by atoms with Crippen LogP contribution in [0, 0.1) is 5.41 Å². The SMILES string of the molecule is O=C(c1cccs1)N1CC(c2nncn2C2CC2)C2(CCC2)C1. The van der Waals surface area contributed by atoms with Gasteiger partial charge in [0.2, 0.25) is 0 Å². The van der Waals surface area contributed by atoms with Gasteiger partial charge in [-0.05, 0) is 42.5 Å². The largest absolute Gasteiger partial charge is 0.337 e. The Morgan fingerprint density at radius 3 is 2.87 bits per heavy atom.